The number of amides is 1. The van der Waals surface area contributed by atoms with Crippen LogP contribution in [-0.4, -0.2) is 56.9 Å². The highest BCUT2D eigenvalue weighted by molar-refractivity contribution is 5.95. The minimum absolute atomic E-state index is 0.0925. The van der Waals surface area contributed by atoms with Crippen LogP contribution in [0.3, 0.4) is 0 Å². The highest BCUT2D eigenvalue weighted by Gasteiger charge is 2.27. The molecule has 3 aromatic heterocycles. The van der Waals surface area contributed by atoms with Crippen molar-refractivity contribution in [1.29, 1.82) is 0 Å². The van der Waals surface area contributed by atoms with Crippen molar-refractivity contribution in [3.63, 3.8) is 0 Å². The lowest BCUT2D eigenvalue weighted by molar-refractivity contribution is 0.0935. The van der Waals surface area contributed by atoms with Crippen molar-refractivity contribution in [2.45, 2.75) is 12.5 Å². The lowest BCUT2D eigenvalue weighted by atomic mass is 10.2. The van der Waals surface area contributed by atoms with E-state index in [2.05, 4.69) is 25.4 Å². The van der Waals surface area contributed by atoms with Crippen molar-refractivity contribution in [3.05, 3.63) is 48.3 Å². The van der Waals surface area contributed by atoms with Gasteiger partial charge in [0.1, 0.15) is 0 Å². The number of nitrogens with zero attached hydrogens (tertiary/aromatic N) is 6. The maximum atomic E-state index is 14.0. The quantitative estimate of drug-likeness (QED) is 0.695. The van der Waals surface area contributed by atoms with E-state index in [9.17, 15) is 9.18 Å². The Bertz CT molecular complexity index is 1040. The summed E-state index contributed by atoms with van der Waals surface area (Å²) < 4.78 is 20.6. The Kier molecular flexibility index (Phi) is 5.07. The van der Waals surface area contributed by atoms with E-state index < -0.39 is 11.7 Å². The SMILES string of the molecule is COc1cc(C(=O)NC2CCN(c3nccc(-c4cnn(C)c4)n3)C2)c(F)cn1. The van der Waals surface area contributed by atoms with E-state index in [0.29, 0.717) is 25.5 Å². The van der Waals surface area contributed by atoms with Gasteiger partial charge in [-0.05, 0) is 12.5 Å². The number of nitrogens with one attached hydrogen (secondary N) is 1. The van der Waals surface area contributed by atoms with Crippen molar-refractivity contribution in [1.82, 2.24) is 30.0 Å². The van der Waals surface area contributed by atoms with Gasteiger partial charge in [0.2, 0.25) is 11.8 Å². The number of aryl methyl sites for hydroxylation is 1. The predicted octanol–water partition coefficient (Wildman–Crippen LogP) is 1.43. The number of anilines is 1. The Morgan fingerprint density at radius 1 is 1.34 bits per heavy atom. The summed E-state index contributed by atoms with van der Waals surface area (Å²) in [6.07, 6.45) is 7.02. The van der Waals surface area contributed by atoms with Crippen molar-refractivity contribution >= 4 is 11.9 Å². The van der Waals surface area contributed by atoms with Gasteiger partial charge < -0.3 is 15.0 Å². The monoisotopic (exact) mass is 397 g/mol. The zero-order valence-electron chi connectivity index (χ0n) is 16.0. The van der Waals surface area contributed by atoms with Gasteiger partial charge in [0.15, 0.2) is 5.82 Å². The van der Waals surface area contributed by atoms with E-state index in [1.54, 1.807) is 17.1 Å². The van der Waals surface area contributed by atoms with E-state index in [-0.39, 0.29) is 17.5 Å². The second-order valence-corrected chi connectivity index (χ2v) is 6.76. The third-order valence-electron chi connectivity index (χ3n) is 4.73. The normalized spacial score (nSPS) is 16.1. The Morgan fingerprint density at radius 3 is 2.97 bits per heavy atom. The number of ether oxygens (including phenoxy) is 1. The fourth-order valence-corrected chi connectivity index (χ4v) is 3.24. The molecule has 4 rings (SSSR count). The van der Waals surface area contributed by atoms with Crippen LogP contribution in [0.15, 0.2) is 36.9 Å². The molecule has 1 aliphatic heterocycles. The van der Waals surface area contributed by atoms with Crippen LogP contribution in [0.5, 0.6) is 5.88 Å². The molecule has 0 aliphatic carbocycles. The topological polar surface area (TPSA) is 98.1 Å². The van der Waals surface area contributed by atoms with Crippen molar-refractivity contribution in [2.24, 2.45) is 7.05 Å². The number of hydrogen-bond donors (Lipinski definition) is 1. The van der Waals surface area contributed by atoms with Gasteiger partial charge in [0, 0.05) is 50.2 Å². The molecule has 0 radical (unpaired) electrons. The molecule has 0 aromatic carbocycles. The molecule has 0 spiro atoms. The molecule has 1 saturated heterocycles. The Labute approximate surface area is 166 Å². The first-order valence-electron chi connectivity index (χ1n) is 9.11. The smallest absolute Gasteiger partial charge is 0.254 e. The largest absolute Gasteiger partial charge is 0.481 e. The van der Waals surface area contributed by atoms with Crippen LogP contribution in [0.2, 0.25) is 0 Å². The summed E-state index contributed by atoms with van der Waals surface area (Å²) in [7, 11) is 3.26. The first kappa shape index (κ1) is 18.8. The Hall–Kier alpha value is -3.56. The van der Waals surface area contributed by atoms with Crippen LogP contribution >= 0.6 is 0 Å². The Balaban J connectivity index is 1.44. The first-order valence-corrected chi connectivity index (χ1v) is 9.11. The van der Waals surface area contributed by atoms with Gasteiger partial charge in [-0.2, -0.15) is 5.10 Å². The van der Waals surface area contributed by atoms with Gasteiger partial charge in [0.25, 0.3) is 5.91 Å². The second kappa shape index (κ2) is 7.82. The average Bonchev–Trinajstić information content (AvgIpc) is 3.37. The Morgan fingerprint density at radius 2 is 2.21 bits per heavy atom. The van der Waals surface area contributed by atoms with Crippen LogP contribution in [0.4, 0.5) is 10.3 Å². The predicted molar refractivity (Wildman–Crippen MR) is 103 cm³/mol. The molecule has 1 unspecified atom stereocenters. The third-order valence-corrected chi connectivity index (χ3v) is 4.73. The lowest BCUT2D eigenvalue weighted by Crippen LogP contribution is -2.37. The maximum absolute atomic E-state index is 14.0. The number of methoxy groups -OCH3 is 1. The van der Waals surface area contributed by atoms with Gasteiger partial charge in [-0.3, -0.25) is 9.48 Å². The molecule has 10 heteroatoms. The summed E-state index contributed by atoms with van der Waals surface area (Å²) in [6, 6.07) is 2.97. The maximum Gasteiger partial charge on any atom is 0.254 e. The molecular formula is C19H20FN7O2. The van der Waals surface area contributed by atoms with Crippen molar-refractivity contribution in [2.75, 3.05) is 25.1 Å². The van der Waals surface area contributed by atoms with Crippen molar-refractivity contribution in [3.8, 4) is 17.1 Å². The van der Waals surface area contributed by atoms with E-state index in [4.69, 9.17) is 4.74 Å². The van der Waals surface area contributed by atoms with Gasteiger partial charge in [-0.15, -0.1) is 0 Å². The van der Waals surface area contributed by atoms with Gasteiger partial charge >= 0.3 is 0 Å². The lowest BCUT2D eigenvalue weighted by Gasteiger charge is -2.17. The van der Waals surface area contributed by atoms with E-state index in [0.717, 1.165) is 17.5 Å². The highest BCUT2D eigenvalue weighted by Crippen LogP contribution is 2.21. The van der Waals surface area contributed by atoms with Crippen LogP contribution in [0.1, 0.15) is 16.8 Å². The molecule has 1 aliphatic rings. The molecule has 0 saturated carbocycles. The molecule has 1 fully saturated rings. The molecule has 1 amide bonds. The molecule has 1 N–H and O–H groups in total. The van der Waals surface area contributed by atoms with Gasteiger partial charge in [-0.25, -0.2) is 19.3 Å². The number of rotatable bonds is 5. The van der Waals surface area contributed by atoms with Crippen LogP contribution in [0.25, 0.3) is 11.3 Å². The fourth-order valence-electron chi connectivity index (χ4n) is 3.24. The summed E-state index contributed by atoms with van der Waals surface area (Å²) >= 11 is 0. The van der Waals surface area contributed by atoms with Crippen molar-refractivity contribution < 1.29 is 13.9 Å². The second-order valence-electron chi connectivity index (χ2n) is 6.76. The highest BCUT2D eigenvalue weighted by atomic mass is 19.1. The van der Waals surface area contributed by atoms with E-state index in [1.165, 1.54) is 13.2 Å². The number of hydrogen-bond acceptors (Lipinski definition) is 7. The fraction of sp³-hybridized carbons (Fsp3) is 0.316. The van der Waals surface area contributed by atoms with Crippen LogP contribution in [0, 0.1) is 5.82 Å². The summed E-state index contributed by atoms with van der Waals surface area (Å²) in [6.45, 7) is 1.22. The molecule has 4 heterocycles. The minimum atomic E-state index is -0.689. The summed E-state index contributed by atoms with van der Waals surface area (Å²) in [4.78, 5) is 27.2. The average molecular weight is 397 g/mol. The summed E-state index contributed by atoms with van der Waals surface area (Å²) in [5.41, 5.74) is 1.59. The zero-order chi connectivity index (χ0) is 20.4. The van der Waals surface area contributed by atoms with E-state index in [1.807, 2.05) is 24.2 Å². The van der Waals surface area contributed by atoms with Crippen LogP contribution in [-0.2, 0) is 7.05 Å². The molecular weight excluding hydrogens is 377 g/mol. The van der Waals surface area contributed by atoms with Crippen LogP contribution < -0.4 is 15.0 Å². The number of carbonyl (C=O) groups is 1. The minimum Gasteiger partial charge on any atom is -0.481 e. The zero-order valence-corrected chi connectivity index (χ0v) is 16.0. The van der Waals surface area contributed by atoms with Gasteiger partial charge in [0.05, 0.1) is 30.8 Å². The molecule has 150 valence electrons. The first-order chi connectivity index (χ1) is 14.0. The molecule has 1 atom stereocenters. The molecule has 3 aromatic rings. The summed E-state index contributed by atoms with van der Waals surface area (Å²) in [5.74, 6) is -0.421. The number of aromatic nitrogens is 5. The number of halogens is 1. The number of carbonyl (C=O) groups excluding carboxylic acids is 1. The third kappa shape index (κ3) is 4.00. The van der Waals surface area contributed by atoms with E-state index >= 15 is 0 Å². The molecule has 0 bridgehead atoms. The number of pyridine rings is 1. The van der Waals surface area contributed by atoms with Gasteiger partial charge in [-0.1, -0.05) is 0 Å². The standard InChI is InChI=1S/C19H20FN7O2/c1-26-10-12(8-23-26)16-3-5-21-19(25-16)27-6-4-13(11-27)24-18(28)14-7-17(29-2)22-9-15(14)20/h3,5,7-10,13H,4,6,11H2,1-2H3,(H,24,28). The molecule has 9 nitrogen and oxygen atoms in total. The molecule has 29 heavy (non-hydrogen) atoms. The summed E-state index contributed by atoms with van der Waals surface area (Å²) in [5, 5.41) is 7.03.